The molecule has 0 heterocycles. The highest BCUT2D eigenvalue weighted by Gasteiger charge is 2.13. The van der Waals surface area contributed by atoms with Crippen LogP contribution in [0.15, 0.2) is 48.5 Å². The highest BCUT2D eigenvalue weighted by atomic mass is 16.5. The molecule has 2 rings (SSSR count). The van der Waals surface area contributed by atoms with Crippen molar-refractivity contribution in [2.24, 2.45) is 0 Å². The van der Waals surface area contributed by atoms with Gasteiger partial charge in [0.1, 0.15) is 11.5 Å². The summed E-state index contributed by atoms with van der Waals surface area (Å²) in [7, 11) is 3.21. The fourth-order valence-electron chi connectivity index (χ4n) is 2.75. The fourth-order valence-corrected chi connectivity index (χ4v) is 2.75. The van der Waals surface area contributed by atoms with Crippen LogP contribution in [0.2, 0.25) is 0 Å². The smallest absolute Gasteiger partial charge is 0.226 e. The van der Waals surface area contributed by atoms with Crippen molar-refractivity contribution < 1.29 is 19.1 Å². The van der Waals surface area contributed by atoms with Crippen LogP contribution in [0.1, 0.15) is 18.9 Å². The van der Waals surface area contributed by atoms with E-state index in [4.69, 9.17) is 9.47 Å². The zero-order chi connectivity index (χ0) is 19.6. The van der Waals surface area contributed by atoms with Gasteiger partial charge in [-0.3, -0.25) is 9.59 Å². The molecule has 0 aliphatic heterocycles. The van der Waals surface area contributed by atoms with Gasteiger partial charge in [0.25, 0.3) is 0 Å². The van der Waals surface area contributed by atoms with Crippen LogP contribution in [0.25, 0.3) is 0 Å². The molecule has 1 N–H and O–H groups in total. The van der Waals surface area contributed by atoms with Gasteiger partial charge in [0.05, 0.1) is 14.2 Å². The van der Waals surface area contributed by atoms with Gasteiger partial charge < -0.3 is 19.7 Å². The Kier molecular flexibility index (Phi) is 7.67. The van der Waals surface area contributed by atoms with E-state index in [2.05, 4.69) is 5.32 Å². The van der Waals surface area contributed by atoms with Gasteiger partial charge in [-0.05, 0) is 30.2 Å². The lowest BCUT2D eigenvalue weighted by Gasteiger charge is -2.21. The van der Waals surface area contributed by atoms with Gasteiger partial charge in [0.15, 0.2) is 0 Å². The van der Waals surface area contributed by atoms with Gasteiger partial charge in [-0.2, -0.15) is 0 Å². The number of amides is 2. The number of anilines is 1. The number of ether oxygens (including phenoxy) is 2. The third kappa shape index (κ3) is 6.33. The Morgan fingerprint density at radius 1 is 1.00 bits per heavy atom. The Bertz CT molecular complexity index is 776. The Labute approximate surface area is 160 Å². The molecule has 0 unspecified atom stereocenters. The second-order valence-corrected chi connectivity index (χ2v) is 6.10. The second-order valence-electron chi connectivity index (χ2n) is 6.10. The number of hydrogen-bond acceptors (Lipinski definition) is 4. The minimum Gasteiger partial charge on any atom is -0.497 e. The Morgan fingerprint density at radius 2 is 1.78 bits per heavy atom. The van der Waals surface area contributed by atoms with Crippen LogP contribution in [0, 0.1) is 0 Å². The van der Waals surface area contributed by atoms with Crippen molar-refractivity contribution in [2.45, 2.75) is 19.8 Å². The zero-order valence-electron chi connectivity index (χ0n) is 16.0. The van der Waals surface area contributed by atoms with Gasteiger partial charge in [-0.1, -0.05) is 24.3 Å². The first-order chi connectivity index (χ1) is 13.0. The van der Waals surface area contributed by atoms with Crippen molar-refractivity contribution in [3.63, 3.8) is 0 Å². The Balaban J connectivity index is 1.88. The average molecular weight is 370 g/mol. The number of nitrogens with zero attached hydrogens (tertiary/aromatic N) is 1. The fraction of sp³-hybridized carbons (Fsp3) is 0.333. The quantitative estimate of drug-likeness (QED) is 0.736. The van der Waals surface area contributed by atoms with Crippen LogP contribution < -0.4 is 14.8 Å². The Hall–Kier alpha value is -3.02. The van der Waals surface area contributed by atoms with Crippen LogP contribution in [-0.2, 0) is 16.0 Å². The summed E-state index contributed by atoms with van der Waals surface area (Å²) in [5.41, 5.74) is 1.70. The minimum atomic E-state index is -0.146. The molecular formula is C21H26N2O4. The molecular weight excluding hydrogens is 344 g/mol. The molecule has 0 fully saturated rings. The lowest BCUT2D eigenvalue weighted by atomic mass is 10.1. The molecule has 144 valence electrons. The third-order valence-corrected chi connectivity index (χ3v) is 4.25. The van der Waals surface area contributed by atoms with Crippen molar-refractivity contribution in [1.29, 1.82) is 0 Å². The maximum absolute atomic E-state index is 12.2. The predicted molar refractivity (Wildman–Crippen MR) is 105 cm³/mol. The summed E-state index contributed by atoms with van der Waals surface area (Å²) in [5.74, 6) is 1.28. The topological polar surface area (TPSA) is 67.9 Å². The van der Waals surface area contributed by atoms with Crippen molar-refractivity contribution >= 4 is 17.5 Å². The molecule has 0 aliphatic carbocycles. The molecule has 6 nitrogen and oxygen atoms in total. The molecule has 0 aliphatic rings. The normalized spacial score (nSPS) is 10.2. The molecule has 2 aromatic carbocycles. The van der Waals surface area contributed by atoms with Crippen molar-refractivity contribution in [1.82, 2.24) is 4.90 Å². The highest BCUT2D eigenvalue weighted by molar-refractivity contribution is 5.91. The van der Waals surface area contributed by atoms with Crippen LogP contribution in [-0.4, -0.2) is 44.0 Å². The SMILES string of the molecule is COc1cccc(NC(=O)CCN(CCc2ccccc2OC)C(C)=O)c1. The summed E-state index contributed by atoms with van der Waals surface area (Å²) in [6.07, 6.45) is 0.893. The first kappa shape index (κ1) is 20.3. The largest absolute Gasteiger partial charge is 0.497 e. The van der Waals surface area contributed by atoms with Crippen molar-refractivity contribution in [2.75, 3.05) is 32.6 Å². The van der Waals surface area contributed by atoms with E-state index in [9.17, 15) is 9.59 Å². The number of nitrogens with one attached hydrogen (secondary N) is 1. The zero-order valence-corrected chi connectivity index (χ0v) is 16.0. The molecule has 0 saturated heterocycles. The molecule has 0 saturated carbocycles. The van der Waals surface area contributed by atoms with E-state index in [0.717, 1.165) is 11.3 Å². The summed E-state index contributed by atoms with van der Waals surface area (Å²) in [6, 6.07) is 14.9. The molecule has 0 spiro atoms. The standard InChI is InChI=1S/C21H26N2O4/c1-16(24)23(13-11-17-7-4-5-10-20(17)27-3)14-12-21(25)22-18-8-6-9-19(15-18)26-2/h4-10,15H,11-14H2,1-3H3,(H,22,25). The lowest BCUT2D eigenvalue weighted by Crippen LogP contribution is -2.33. The van der Waals surface area contributed by atoms with E-state index in [0.29, 0.717) is 30.9 Å². The van der Waals surface area contributed by atoms with E-state index in [1.54, 1.807) is 31.3 Å². The minimum absolute atomic E-state index is 0.0564. The molecule has 0 atom stereocenters. The van der Waals surface area contributed by atoms with Crippen molar-refractivity contribution in [3.8, 4) is 11.5 Å². The summed E-state index contributed by atoms with van der Waals surface area (Å²) in [5, 5.41) is 2.83. The van der Waals surface area contributed by atoms with Gasteiger partial charge >= 0.3 is 0 Å². The van der Waals surface area contributed by atoms with Crippen LogP contribution in [0.5, 0.6) is 11.5 Å². The summed E-state index contributed by atoms with van der Waals surface area (Å²) in [6.45, 7) is 2.41. The van der Waals surface area contributed by atoms with Gasteiger partial charge in [-0.25, -0.2) is 0 Å². The first-order valence-electron chi connectivity index (χ1n) is 8.84. The lowest BCUT2D eigenvalue weighted by molar-refractivity contribution is -0.129. The molecule has 27 heavy (non-hydrogen) atoms. The van der Waals surface area contributed by atoms with Crippen LogP contribution in [0.4, 0.5) is 5.69 Å². The first-order valence-corrected chi connectivity index (χ1v) is 8.84. The molecule has 2 aromatic rings. The number of benzene rings is 2. The van der Waals surface area contributed by atoms with Gasteiger partial charge in [0, 0.05) is 38.2 Å². The van der Waals surface area contributed by atoms with E-state index in [1.165, 1.54) is 6.92 Å². The summed E-state index contributed by atoms with van der Waals surface area (Å²) < 4.78 is 10.5. The monoisotopic (exact) mass is 370 g/mol. The molecule has 6 heteroatoms. The maximum atomic E-state index is 12.2. The van der Waals surface area contributed by atoms with E-state index >= 15 is 0 Å². The number of rotatable bonds is 9. The van der Waals surface area contributed by atoms with Crippen LogP contribution >= 0.6 is 0 Å². The second kappa shape index (κ2) is 10.2. The third-order valence-electron chi connectivity index (χ3n) is 4.25. The average Bonchev–Trinajstić information content (AvgIpc) is 2.68. The highest BCUT2D eigenvalue weighted by Crippen LogP contribution is 2.19. The van der Waals surface area contributed by atoms with Gasteiger partial charge in [-0.15, -0.1) is 0 Å². The van der Waals surface area contributed by atoms with E-state index < -0.39 is 0 Å². The van der Waals surface area contributed by atoms with Crippen LogP contribution in [0.3, 0.4) is 0 Å². The van der Waals surface area contributed by atoms with E-state index in [1.807, 2.05) is 36.4 Å². The summed E-state index contributed by atoms with van der Waals surface area (Å²) >= 11 is 0. The predicted octanol–water partition coefficient (Wildman–Crippen LogP) is 3.12. The molecule has 0 aromatic heterocycles. The molecule has 0 radical (unpaired) electrons. The van der Waals surface area contributed by atoms with E-state index in [-0.39, 0.29) is 18.2 Å². The maximum Gasteiger partial charge on any atom is 0.226 e. The molecule has 2 amide bonds. The number of para-hydroxylation sites is 1. The number of methoxy groups -OCH3 is 2. The Morgan fingerprint density at radius 3 is 2.48 bits per heavy atom. The number of carbonyl (C=O) groups is 2. The number of carbonyl (C=O) groups excluding carboxylic acids is 2. The van der Waals surface area contributed by atoms with Gasteiger partial charge in [0.2, 0.25) is 11.8 Å². The molecule has 0 bridgehead atoms. The summed E-state index contributed by atoms with van der Waals surface area (Å²) in [4.78, 5) is 25.8. The number of hydrogen-bond donors (Lipinski definition) is 1. The van der Waals surface area contributed by atoms with Crippen molar-refractivity contribution in [3.05, 3.63) is 54.1 Å².